The first kappa shape index (κ1) is 22.8. The Balaban J connectivity index is 1.56. The van der Waals surface area contributed by atoms with Crippen LogP contribution in [0.1, 0.15) is 39.2 Å². The fourth-order valence-electron chi connectivity index (χ4n) is 4.48. The molecule has 2 aliphatic heterocycles. The van der Waals surface area contributed by atoms with Gasteiger partial charge in [-0.3, -0.25) is 4.90 Å². The van der Waals surface area contributed by atoms with Crippen LogP contribution in [0.4, 0.5) is 10.1 Å². The summed E-state index contributed by atoms with van der Waals surface area (Å²) < 4.78 is 14.8. The van der Waals surface area contributed by atoms with Gasteiger partial charge in [-0.15, -0.1) is 0 Å². The zero-order valence-electron chi connectivity index (χ0n) is 19.0. The predicted molar refractivity (Wildman–Crippen MR) is 124 cm³/mol. The summed E-state index contributed by atoms with van der Waals surface area (Å²) in [6.07, 6.45) is 2.51. The number of piperazine rings is 1. The van der Waals surface area contributed by atoms with Crippen molar-refractivity contribution >= 4 is 11.6 Å². The molecule has 0 aliphatic carbocycles. The van der Waals surface area contributed by atoms with E-state index in [1.54, 1.807) is 6.07 Å². The van der Waals surface area contributed by atoms with Gasteiger partial charge in [-0.1, -0.05) is 19.9 Å². The molecule has 1 unspecified atom stereocenters. The van der Waals surface area contributed by atoms with E-state index < -0.39 is 0 Å². The van der Waals surface area contributed by atoms with Crippen LogP contribution < -0.4 is 15.5 Å². The van der Waals surface area contributed by atoms with Crippen LogP contribution in [-0.2, 0) is 6.54 Å². The van der Waals surface area contributed by atoms with Crippen molar-refractivity contribution in [2.24, 2.45) is 4.99 Å². The molecule has 3 rings (SSSR count). The van der Waals surface area contributed by atoms with Gasteiger partial charge in [0, 0.05) is 45.3 Å². The van der Waals surface area contributed by atoms with Gasteiger partial charge in [0.05, 0.1) is 12.2 Å². The fraction of sp³-hybridized carbons (Fsp3) is 0.696. The van der Waals surface area contributed by atoms with E-state index in [1.165, 1.54) is 19.4 Å². The molecule has 0 amide bonds. The van der Waals surface area contributed by atoms with Crippen LogP contribution in [0.3, 0.4) is 0 Å². The Morgan fingerprint density at radius 3 is 2.53 bits per heavy atom. The number of hydrogen-bond donors (Lipinski definition) is 2. The molecule has 2 aliphatic rings. The standard InChI is InChI=1S/C23H39FN6/c1-4-25-23(27-18-20-8-7-11-29(20)6-3)26-17-19-9-10-22(21(24)16-19)30-14-12-28(5-2)13-15-30/h9-10,16,20H,4-8,11-15,17-18H2,1-3H3,(H2,25,26,27). The first-order valence-electron chi connectivity index (χ1n) is 11.7. The predicted octanol–water partition coefficient (Wildman–Crippen LogP) is 2.51. The van der Waals surface area contributed by atoms with Gasteiger partial charge in [-0.05, 0) is 57.1 Å². The van der Waals surface area contributed by atoms with Crippen LogP contribution in [0.15, 0.2) is 23.2 Å². The van der Waals surface area contributed by atoms with E-state index in [1.807, 2.05) is 12.1 Å². The summed E-state index contributed by atoms with van der Waals surface area (Å²) in [5, 5.41) is 6.79. The quantitative estimate of drug-likeness (QED) is 0.502. The van der Waals surface area contributed by atoms with Gasteiger partial charge in [0.2, 0.25) is 0 Å². The molecule has 2 saturated heterocycles. The van der Waals surface area contributed by atoms with Gasteiger partial charge in [0.15, 0.2) is 5.96 Å². The summed E-state index contributed by atoms with van der Waals surface area (Å²) in [6, 6.07) is 6.14. The van der Waals surface area contributed by atoms with Crippen LogP contribution in [0.5, 0.6) is 0 Å². The third-order valence-corrected chi connectivity index (χ3v) is 6.35. The van der Waals surface area contributed by atoms with Crippen molar-refractivity contribution in [2.75, 3.05) is 63.8 Å². The summed E-state index contributed by atoms with van der Waals surface area (Å²) in [5.41, 5.74) is 1.61. The Morgan fingerprint density at radius 2 is 1.87 bits per heavy atom. The van der Waals surface area contributed by atoms with E-state index in [-0.39, 0.29) is 5.82 Å². The number of halogens is 1. The number of rotatable bonds is 8. The van der Waals surface area contributed by atoms with Crippen molar-refractivity contribution in [3.8, 4) is 0 Å². The molecule has 6 nitrogen and oxygen atoms in total. The third kappa shape index (κ3) is 6.08. The van der Waals surface area contributed by atoms with Gasteiger partial charge in [0.25, 0.3) is 0 Å². The molecule has 2 fully saturated rings. The van der Waals surface area contributed by atoms with Crippen LogP contribution in [0.25, 0.3) is 0 Å². The molecular weight excluding hydrogens is 379 g/mol. The van der Waals surface area contributed by atoms with Gasteiger partial charge in [0.1, 0.15) is 5.82 Å². The van der Waals surface area contributed by atoms with E-state index in [9.17, 15) is 4.39 Å². The average molecular weight is 419 g/mol. The molecule has 1 aromatic carbocycles. The van der Waals surface area contributed by atoms with Crippen LogP contribution in [-0.4, -0.2) is 80.7 Å². The summed E-state index contributed by atoms with van der Waals surface area (Å²) >= 11 is 0. The molecule has 0 spiro atoms. The smallest absolute Gasteiger partial charge is 0.191 e. The molecule has 2 N–H and O–H groups in total. The summed E-state index contributed by atoms with van der Waals surface area (Å²) in [7, 11) is 0. The molecular formula is C23H39FN6. The van der Waals surface area contributed by atoms with Crippen molar-refractivity contribution in [1.82, 2.24) is 20.4 Å². The highest BCUT2D eigenvalue weighted by Gasteiger charge is 2.23. The number of hydrogen-bond acceptors (Lipinski definition) is 4. The first-order chi connectivity index (χ1) is 14.6. The Labute approximate surface area is 181 Å². The molecule has 0 bridgehead atoms. The van der Waals surface area contributed by atoms with Crippen molar-refractivity contribution in [1.29, 1.82) is 0 Å². The fourth-order valence-corrected chi connectivity index (χ4v) is 4.48. The zero-order valence-corrected chi connectivity index (χ0v) is 19.0. The monoisotopic (exact) mass is 418 g/mol. The van der Waals surface area contributed by atoms with Crippen molar-refractivity contribution in [3.05, 3.63) is 29.6 Å². The Hall–Kier alpha value is -1.86. The third-order valence-electron chi connectivity index (χ3n) is 6.35. The van der Waals surface area contributed by atoms with E-state index >= 15 is 0 Å². The number of benzene rings is 1. The summed E-state index contributed by atoms with van der Waals surface area (Å²) in [5.74, 6) is 0.663. The molecule has 1 aromatic rings. The second kappa shape index (κ2) is 11.5. The number of nitrogens with one attached hydrogen (secondary N) is 2. The molecule has 0 radical (unpaired) electrons. The molecule has 7 heteroatoms. The number of anilines is 1. The lowest BCUT2D eigenvalue weighted by atomic mass is 10.1. The van der Waals surface area contributed by atoms with Crippen LogP contribution >= 0.6 is 0 Å². The number of aliphatic imine (C=N–C) groups is 1. The maximum absolute atomic E-state index is 14.8. The molecule has 168 valence electrons. The van der Waals surface area contributed by atoms with Gasteiger partial charge >= 0.3 is 0 Å². The second-order valence-corrected chi connectivity index (χ2v) is 8.21. The molecule has 30 heavy (non-hydrogen) atoms. The topological polar surface area (TPSA) is 46.1 Å². The SMILES string of the molecule is CCNC(=NCc1ccc(N2CCN(CC)CC2)c(F)c1)NCC1CCCN1CC. The Morgan fingerprint density at radius 1 is 1.07 bits per heavy atom. The maximum Gasteiger partial charge on any atom is 0.191 e. The van der Waals surface area contributed by atoms with E-state index in [0.29, 0.717) is 18.3 Å². The number of nitrogens with zero attached hydrogens (tertiary/aromatic N) is 4. The van der Waals surface area contributed by atoms with Crippen LogP contribution in [0.2, 0.25) is 0 Å². The number of likely N-dealkylation sites (N-methyl/N-ethyl adjacent to an activating group) is 2. The summed E-state index contributed by atoms with van der Waals surface area (Å²) in [6.45, 7) is 15.8. The lowest BCUT2D eigenvalue weighted by molar-refractivity contribution is 0.267. The maximum atomic E-state index is 14.8. The lowest BCUT2D eigenvalue weighted by Crippen LogP contribution is -2.46. The minimum Gasteiger partial charge on any atom is -0.367 e. The Bertz CT molecular complexity index is 686. The van der Waals surface area contributed by atoms with Gasteiger partial charge in [-0.25, -0.2) is 9.38 Å². The van der Waals surface area contributed by atoms with Crippen molar-refractivity contribution in [3.63, 3.8) is 0 Å². The van der Waals surface area contributed by atoms with Gasteiger partial charge in [-0.2, -0.15) is 0 Å². The minimum absolute atomic E-state index is 0.143. The van der Waals surface area contributed by atoms with E-state index in [0.717, 1.165) is 63.9 Å². The zero-order chi connectivity index (χ0) is 21.3. The number of likely N-dealkylation sites (tertiary alicyclic amines) is 1. The molecule has 2 heterocycles. The van der Waals surface area contributed by atoms with E-state index in [4.69, 9.17) is 0 Å². The van der Waals surface area contributed by atoms with Crippen LogP contribution in [0, 0.1) is 5.82 Å². The van der Waals surface area contributed by atoms with Crippen molar-refractivity contribution < 1.29 is 4.39 Å². The highest BCUT2D eigenvalue weighted by Crippen LogP contribution is 2.22. The normalized spacial score (nSPS) is 21.3. The average Bonchev–Trinajstić information content (AvgIpc) is 3.23. The first-order valence-corrected chi connectivity index (χ1v) is 11.7. The largest absolute Gasteiger partial charge is 0.367 e. The summed E-state index contributed by atoms with van der Waals surface area (Å²) in [4.78, 5) is 11.8. The van der Waals surface area contributed by atoms with Crippen molar-refractivity contribution in [2.45, 2.75) is 46.2 Å². The molecule has 0 aromatic heterocycles. The number of guanidine groups is 1. The lowest BCUT2D eigenvalue weighted by Gasteiger charge is -2.35. The Kier molecular flexibility index (Phi) is 8.75. The molecule has 1 atom stereocenters. The minimum atomic E-state index is -0.143. The second-order valence-electron chi connectivity index (χ2n) is 8.21. The van der Waals surface area contributed by atoms with Gasteiger partial charge < -0.3 is 20.4 Å². The molecule has 0 saturated carbocycles. The van der Waals surface area contributed by atoms with E-state index in [2.05, 4.69) is 51.1 Å². The highest BCUT2D eigenvalue weighted by molar-refractivity contribution is 5.79. The highest BCUT2D eigenvalue weighted by atomic mass is 19.1.